The topological polar surface area (TPSA) is 101 Å². The third-order valence-corrected chi connectivity index (χ3v) is 7.68. The first-order valence-electron chi connectivity index (χ1n) is 9.21. The molecule has 0 unspecified atom stereocenters. The van der Waals surface area contributed by atoms with Crippen LogP contribution in [0.1, 0.15) is 22.3 Å². The first kappa shape index (κ1) is 20.1. The van der Waals surface area contributed by atoms with E-state index in [1.807, 2.05) is 47.9 Å². The Balaban J connectivity index is 1.65. The lowest BCUT2D eigenvalue weighted by molar-refractivity contribution is 0.102. The second-order valence-electron chi connectivity index (χ2n) is 6.70. The molecule has 0 radical (unpaired) electrons. The van der Waals surface area contributed by atoms with E-state index in [0.717, 1.165) is 11.3 Å². The van der Waals surface area contributed by atoms with Crippen LogP contribution in [0.5, 0.6) is 5.75 Å². The predicted octanol–water partition coefficient (Wildman–Crippen LogP) is 4.12. The number of hydrogen-bond donors (Lipinski definition) is 2. The minimum absolute atomic E-state index is 0.0447. The van der Waals surface area contributed by atoms with Crippen LogP contribution >= 0.6 is 11.3 Å². The third kappa shape index (κ3) is 3.57. The molecule has 0 aliphatic rings. The number of aryl methyl sites for hydroxylation is 1. The number of benzene rings is 2. The average Bonchev–Trinajstić information content (AvgIpc) is 3.29. The molecule has 0 aliphatic heterocycles. The molecule has 0 aliphatic carbocycles. The zero-order valence-corrected chi connectivity index (χ0v) is 17.9. The maximum absolute atomic E-state index is 12.8. The van der Waals surface area contributed by atoms with Gasteiger partial charge in [0.05, 0.1) is 22.0 Å². The van der Waals surface area contributed by atoms with E-state index in [-0.39, 0.29) is 22.1 Å². The van der Waals surface area contributed by atoms with Gasteiger partial charge in [0, 0.05) is 17.5 Å². The fourth-order valence-electron chi connectivity index (χ4n) is 3.06. The monoisotopic (exact) mass is 441 g/mol. The first-order chi connectivity index (χ1) is 14.3. The fraction of sp³-hybridized carbons (Fsp3) is 0.143. The third-order valence-electron chi connectivity index (χ3n) is 4.79. The molecule has 4 aromatic rings. The van der Waals surface area contributed by atoms with E-state index >= 15 is 0 Å². The molecule has 2 heterocycles. The van der Waals surface area contributed by atoms with Crippen molar-refractivity contribution in [3.05, 3.63) is 65.3 Å². The van der Waals surface area contributed by atoms with Crippen molar-refractivity contribution >= 4 is 37.7 Å². The summed E-state index contributed by atoms with van der Waals surface area (Å²) in [4.78, 5) is 18.6. The van der Waals surface area contributed by atoms with Gasteiger partial charge in [0.1, 0.15) is 10.6 Å². The SMILES string of the molecule is CCS(=O)(=O)c1ccc(O)c(NC(=O)c2sc3nc(-c4ccccc4)cn3c2C)c1. The van der Waals surface area contributed by atoms with E-state index < -0.39 is 15.7 Å². The molecule has 1 amide bonds. The molecular weight excluding hydrogens is 422 g/mol. The van der Waals surface area contributed by atoms with Crippen LogP contribution in [0.25, 0.3) is 16.2 Å². The molecule has 0 fully saturated rings. The van der Waals surface area contributed by atoms with Gasteiger partial charge < -0.3 is 10.4 Å². The number of nitrogens with zero attached hydrogens (tertiary/aromatic N) is 2. The Kier molecular flexibility index (Phi) is 5.08. The number of carbonyl (C=O) groups is 1. The fourth-order valence-corrected chi connectivity index (χ4v) is 4.97. The summed E-state index contributed by atoms with van der Waals surface area (Å²) in [7, 11) is -3.46. The lowest BCUT2D eigenvalue weighted by atomic mass is 10.2. The predicted molar refractivity (Wildman–Crippen MR) is 117 cm³/mol. The summed E-state index contributed by atoms with van der Waals surface area (Å²) in [6, 6.07) is 13.6. The smallest absolute Gasteiger partial charge is 0.267 e. The number of thiazole rings is 1. The van der Waals surface area contributed by atoms with Crippen molar-refractivity contribution in [2.75, 3.05) is 11.1 Å². The number of imidazole rings is 1. The second-order valence-corrected chi connectivity index (χ2v) is 9.95. The normalized spacial score (nSPS) is 11.7. The van der Waals surface area contributed by atoms with Gasteiger partial charge in [-0.3, -0.25) is 9.20 Å². The van der Waals surface area contributed by atoms with Crippen molar-refractivity contribution in [2.24, 2.45) is 0 Å². The molecule has 0 atom stereocenters. The van der Waals surface area contributed by atoms with Gasteiger partial charge in [-0.25, -0.2) is 13.4 Å². The van der Waals surface area contributed by atoms with E-state index in [9.17, 15) is 18.3 Å². The molecule has 2 aromatic carbocycles. The molecule has 2 aromatic heterocycles. The minimum atomic E-state index is -3.46. The number of nitrogens with one attached hydrogen (secondary N) is 1. The number of aromatic hydroxyl groups is 1. The van der Waals surface area contributed by atoms with Gasteiger partial charge in [-0.1, -0.05) is 48.6 Å². The van der Waals surface area contributed by atoms with E-state index in [2.05, 4.69) is 10.3 Å². The Hall–Kier alpha value is -3.17. The molecule has 9 heteroatoms. The summed E-state index contributed by atoms with van der Waals surface area (Å²) < 4.78 is 26.1. The molecule has 0 bridgehead atoms. The summed E-state index contributed by atoms with van der Waals surface area (Å²) in [5, 5.41) is 12.7. The van der Waals surface area contributed by atoms with Crippen LogP contribution in [0, 0.1) is 6.92 Å². The highest BCUT2D eigenvalue weighted by Gasteiger charge is 2.20. The van der Waals surface area contributed by atoms with E-state index in [4.69, 9.17) is 0 Å². The Morgan fingerprint density at radius 1 is 1.20 bits per heavy atom. The van der Waals surface area contributed by atoms with E-state index in [1.165, 1.54) is 36.5 Å². The highest BCUT2D eigenvalue weighted by molar-refractivity contribution is 7.91. The van der Waals surface area contributed by atoms with Gasteiger partial charge in [-0.15, -0.1) is 0 Å². The maximum atomic E-state index is 12.8. The Morgan fingerprint density at radius 3 is 2.60 bits per heavy atom. The largest absolute Gasteiger partial charge is 0.506 e. The number of amides is 1. The van der Waals surface area contributed by atoms with Crippen LogP contribution in [0.15, 0.2) is 59.6 Å². The van der Waals surface area contributed by atoms with E-state index in [0.29, 0.717) is 15.5 Å². The molecule has 4 rings (SSSR count). The Labute approximate surface area is 177 Å². The van der Waals surface area contributed by atoms with Gasteiger partial charge in [-0.05, 0) is 25.1 Å². The number of fused-ring (bicyclic) bond motifs is 1. The van der Waals surface area contributed by atoms with Crippen molar-refractivity contribution in [2.45, 2.75) is 18.7 Å². The number of anilines is 1. The van der Waals surface area contributed by atoms with Gasteiger partial charge in [-0.2, -0.15) is 0 Å². The quantitative estimate of drug-likeness (QED) is 0.454. The number of hydrogen-bond acceptors (Lipinski definition) is 6. The summed E-state index contributed by atoms with van der Waals surface area (Å²) in [5.74, 6) is -0.717. The highest BCUT2D eigenvalue weighted by Crippen LogP contribution is 2.30. The number of phenols is 1. The summed E-state index contributed by atoms with van der Waals surface area (Å²) in [5.41, 5.74) is 2.55. The van der Waals surface area contributed by atoms with Crippen LogP contribution in [-0.2, 0) is 9.84 Å². The number of phenolic OH excluding ortho intramolecular Hbond substituents is 1. The second kappa shape index (κ2) is 7.58. The number of carbonyl (C=O) groups excluding carboxylic acids is 1. The van der Waals surface area contributed by atoms with Gasteiger partial charge in [0.15, 0.2) is 14.8 Å². The highest BCUT2D eigenvalue weighted by atomic mass is 32.2. The van der Waals surface area contributed by atoms with Crippen molar-refractivity contribution in [3.8, 4) is 17.0 Å². The van der Waals surface area contributed by atoms with Crippen LogP contribution in [-0.4, -0.2) is 34.6 Å². The van der Waals surface area contributed by atoms with Crippen molar-refractivity contribution < 1.29 is 18.3 Å². The molecule has 30 heavy (non-hydrogen) atoms. The zero-order chi connectivity index (χ0) is 21.5. The summed E-state index contributed by atoms with van der Waals surface area (Å²) in [6.45, 7) is 3.35. The van der Waals surface area contributed by atoms with Crippen LogP contribution in [0.4, 0.5) is 5.69 Å². The van der Waals surface area contributed by atoms with Gasteiger partial charge in [0.2, 0.25) is 0 Å². The van der Waals surface area contributed by atoms with Crippen molar-refractivity contribution in [1.82, 2.24) is 9.38 Å². The maximum Gasteiger partial charge on any atom is 0.267 e. The van der Waals surface area contributed by atoms with Gasteiger partial charge in [0.25, 0.3) is 5.91 Å². The molecule has 0 saturated heterocycles. The lowest BCUT2D eigenvalue weighted by Gasteiger charge is -2.09. The molecule has 7 nitrogen and oxygen atoms in total. The number of rotatable bonds is 5. The minimum Gasteiger partial charge on any atom is -0.506 e. The van der Waals surface area contributed by atoms with Crippen molar-refractivity contribution in [1.29, 1.82) is 0 Å². The Morgan fingerprint density at radius 2 is 1.93 bits per heavy atom. The molecular formula is C21H19N3O4S2. The zero-order valence-electron chi connectivity index (χ0n) is 16.3. The number of aromatic nitrogens is 2. The average molecular weight is 442 g/mol. The molecule has 0 saturated carbocycles. The number of sulfone groups is 1. The lowest BCUT2D eigenvalue weighted by Crippen LogP contribution is -2.13. The van der Waals surface area contributed by atoms with Crippen LogP contribution < -0.4 is 5.32 Å². The molecule has 2 N–H and O–H groups in total. The van der Waals surface area contributed by atoms with Gasteiger partial charge >= 0.3 is 0 Å². The molecule has 0 spiro atoms. The standard InChI is InChI=1S/C21H19N3O4S2/c1-3-30(27,28)15-9-10-18(25)16(11-15)22-20(26)19-13(2)24-12-17(23-21(24)29-19)14-7-5-4-6-8-14/h4-12,25H,3H2,1-2H3,(H,22,26). The Bertz CT molecular complexity index is 1360. The summed E-state index contributed by atoms with van der Waals surface area (Å²) >= 11 is 1.23. The first-order valence-corrected chi connectivity index (χ1v) is 11.7. The van der Waals surface area contributed by atoms with Crippen molar-refractivity contribution in [3.63, 3.8) is 0 Å². The summed E-state index contributed by atoms with van der Waals surface area (Å²) in [6.07, 6.45) is 1.87. The van der Waals surface area contributed by atoms with E-state index in [1.54, 1.807) is 0 Å². The molecule has 154 valence electrons. The van der Waals surface area contributed by atoms with Crippen LogP contribution in [0.3, 0.4) is 0 Å². The van der Waals surface area contributed by atoms with Crippen LogP contribution in [0.2, 0.25) is 0 Å².